The predicted octanol–water partition coefficient (Wildman–Crippen LogP) is 0.337. The van der Waals surface area contributed by atoms with Crippen LogP contribution < -0.4 is 5.73 Å². The minimum absolute atomic E-state index is 0.0476. The lowest BCUT2D eigenvalue weighted by Gasteiger charge is -2.08. The first kappa shape index (κ1) is 12.6. The summed E-state index contributed by atoms with van der Waals surface area (Å²) in [7, 11) is -1.31. The van der Waals surface area contributed by atoms with E-state index in [2.05, 4.69) is 0 Å². The Morgan fingerprint density at radius 2 is 2.15 bits per heavy atom. The van der Waals surface area contributed by atoms with Gasteiger partial charge >= 0.3 is 5.97 Å². The van der Waals surface area contributed by atoms with Crippen LogP contribution in [0.1, 0.15) is 26.2 Å². The molecule has 0 fully saturated rings. The maximum atomic E-state index is 11.3. The quantitative estimate of drug-likeness (QED) is 0.590. The fraction of sp³-hybridized carbons (Fsp3) is 0.875. The number of unbranched alkanes of at least 4 members (excludes halogenated alkanes) is 2. The average Bonchev–Trinajstić information content (AvgIpc) is 2.05. The molecule has 2 unspecified atom stereocenters. The summed E-state index contributed by atoms with van der Waals surface area (Å²) in [5, 5.41) is 7.74. The van der Waals surface area contributed by atoms with E-state index >= 15 is 0 Å². The Morgan fingerprint density at radius 3 is 2.54 bits per heavy atom. The number of rotatable bonds is 7. The molecule has 3 N–H and O–H groups in total. The Bertz CT molecular complexity index is 184. The molecule has 0 radical (unpaired) electrons. The van der Waals surface area contributed by atoms with Crippen LogP contribution in [0.25, 0.3) is 0 Å². The highest BCUT2D eigenvalue weighted by molar-refractivity contribution is 7.86. The maximum Gasteiger partial charge on any atom is 0.320 e. The standard InChI is InChI=1S/C8H17NO3S/c1-2-3-4-5-13(12)7(6-9)8(10)11/h7H,2-6,9H2,1H3,(H,10,11). The van der Waals surface area contributed by atoms with Crippen LogP contribution >= 0.6 is 0 Å². The van der Waals surface area contributed by atoms with Gasteiger partial charge < -0.3 is 10.8 Å². The summed E-state index contributed by atoms with van der Waals surface area (Å²) in [6, 6.07) is 0. The Balaban J connectivity index is 3.85. The summed E-state index contributed by atoms with van der Waals surface area (Å²) >= 11 is 0. The lowest BCUT2D eigenvalue weighted by molar-refractivity contribution is -0.136. The third kappa shape index (κ3) is 5.00. The van der Waals surface area contributed by atoms with Gasteiger partial charge in [0.1, 0.15) is 5.25 Å². The second-order valence-corrected chi connectivity index (χ2v) is 4.59. The van der Waals surface area contributed by atoms with Gasteiger partial charge in [-0.1, -0.05) is 19.8 Å². The summed E-state index contributed by atoms with van der Waals surface area (Å²) < 4.78 is 11.3. The fourth-order valence-corrected chi connectivity index (χ4v) is 2.17. The van der Waals surface area contributed by atoms with Crippen molar-refractivity contribution in [2.45, 2.75) is 31.4 Å². The van der Waals surface area contributed by atoms with Crippen LogP contribution in [0.4, 0.5) is 0 Å². The molecular weight excluding hydrogens is 190 g/mol. The lowest BCUT2D eigenvalue weighted by Crippen LogP contribution is -2.34. The Hall–Kier alpha value is -0.420. The Morgan fingerprint density at radius 1 is 1.54 bits per heavy atom. The summed E-state index contributed by atoms with van der Waals surface area (Å²) in [6.07, 6.45) is 2.84. The highest BCUT2D eigenvalue weighted by atomic mass is 32.2. The molecule has 0 saturated carbocycles. The van der Waals surface area contributed by atoms with E-state index in [-0.39, 0.29) is 6.54 Å². The normalized spacial score (nSPS) is 15.2. The SMILES string of the molecule is CCCCCS(=O)C(CN)C(=O)O. The Labute approximate surface area is 81.0 Å². The van der Waals surface area contributed by atoms with Crippen molar-refractivity contribution < 1.29 is 14.1 Å². The van der Waals surface area contributed by atoms with Crippen LogP contribution in [-0.4, -0.2) is 32.8 Å². The van der Waals surface area contributed by atoms with E-state index in [9.17, 15) is 9.00 Å². The average molecular weight is 207 g/mol. The Kier molecular flexibility index (Phi) is 6.80. The number of carbonyl (C=O) groups is 1. The van der Waals surface area contributed by atoms with Gasteiger partial charge in [-0.2, -0.15) is 0 Å². The molecule has 0 rings (SSSR count). The molecule has 13 heavy (non-hydrogen) atoms. The number of nitrogens with two attached hydrogens (primary N) is 1. The van der Waals surface area contributed by atoms with Gasteiger partial charge in [0.15, 0.2) is 0 Å². The molecule has 0 saturated heterocycles. The lowest BCUT2D eigenvalue weighted by atomic mass is 10.3. The van der Waals surface area contributed by atoms with Gasteiger partial charge in [-0.15, -0.1) is 0 Å². The number of carboxylic acids is 1. The van der Waals surface area contributed by atoms with Gasteiger partial charge in [0.05, 0.1) is 0 Å². The van der Waals surface area contributed by atoms with E-state index in [1.54, 1.807) is 0 Å². The molecule has 0 aromatic heterocycles. The van der Waals surface area contributed by atoms with Gasteiger partial charge in [0, 0.05) is 23.1 Å². The zero-order chi connectivity index (χ0) is 10.3. The van der Waals surface area contributed by atoms with Crippen LogP contribution in [0.5, 0.6) is 0 Å². The van der Waals surface area contributed by atoms with Crippen molar-refractivity contribution in [3.8, 4) is 0 Å². The molecule has 0 aliphatic heterocycles. The van der Waals surface area contributed by atoms with E-state index in [0.717, 1.165) is 19.3 Å². The van der Waals surface area contributed by atoms with Crippen LogP contribution in [0.3, 0.4) is 0 Å². The van der Waals surface area contributed by atoms with Gasteiger partial charge in [-0.3, -0.25) is 9.00 Å². The van der Waals surface area contributed by atoms with Gasteiger partial charge in [-0.05, 0) is 6.42 Å². The zero-order valence-electron chi connectivity index (χ0n) is 7.86. The molecule has 0 spiro atoms. The van der Waals surface area contributed by atoms with Crippen molar-refractivity contribution in [3.63, 3.8) is 0 Å². The minimum atomic E-state index is -1.31. The first-order chi connectivity index (χ1) is 6.13. The van der Waals surface area contributed by atoms with Crippen molar-refractivity contribution in [2.75, 3.05) is 12.3 Å². The van der Waals surface area contributed by atoms with Crippen LogP contribution in [0.2, 0.25) is 0 Å². The molecule has 0 amide bonds. The van der Waals surface area contributed by atoms with Crippen molar-refractivity contribution >= 4 is 16.8 Å². The van der Waals surface area contributed by atoms with E-state index in [4.69, 9.17) is 10.8 Å². The molecule has 4 nitrogen and oxygen atoms in total. The molecule has 5 heteroatoms. The molecular formula is C8H17NO3S. The highest BCUT2D eigenvalue weighted by Crippen LogP contribution is 2.01. The summed E-state index contributed by atoms with van der Waals surface area (Å²) in [5.41, 5.74) is 5.20. The maximum absolute atomic E-state index is 11.3. The fourth-order valence-electron chi connectivity index (χ4n) is 0.957. The zero-order valence-corrected chi connectivity index (χ0v) is 8.68. The molecule has 0 aliphatic rings. The van der Waals surface area contributed by atoms with Gasteiger partial charge in [0.2, 0.25) is 0 Å². The number of aliphatic carboxylic acids is 1. The highest BCUT2D eigenvalue weighted by Gasteiger charge is 2.21. The topological polar surface area (TPSA) is 80.4 Å². The number of hydrogen-bond donors (Lipinski definition) is 2. The molecule has 0 heterocycles. The van der Waals surface area contributed by atoms with E-state index in [1.165, 1.54) is 0 Å². The largest absolute Gasteiger partial charge is 0.480 e. The third-order valence-corrected chi connectivity index (χ3v) is 3.48. The molecule has 0 bridgehead atoms. The smallest absolute Gasteiger partial charge is 0.320 e. The van der Waals surface area contributed by atoms with E-state index in [0.29, 0.717) is 5.75 Å². The van der Waals surface area contributed by atoms with Crippen molar-refractivity contribution in [2.24, 2.45) is 5.73 Å². The van der Waals surface area contributed by atoms with Gasteiger partial charge in [0.25, 0.3) is 0 Å². The summed E-state index contributed by atoms with van der Waals surface area (Å²) in [6.45, 7) is 1.99. The van der Waals surface area contributed by atoms with Crippen molar-refractivity contribution in [1.82, 2.24) is 0 Å². The predicted molar refractivity (Wildman–Crippen MR) is 53.0 cm³/mol. The van der Waals surface area contributed by atoms with E-state index < -0.39 is 22.0 Å². The molecule has 2 atom stereocenters. The third-order valence-electron chi connectivity index (χ3n) is 1.76. The summed E-state index contributed by atoms with van der Waals surface area (Å²) in [4.78, 5) is 10.5. The second-order valence-electron chi connectivity index (χ2n) is 2.85. The molecule has 0 aliphatic carbocycles. The van der Waals surface area contributed by atoms with Crippen LogP contribution in [0, 0.1) is 0 Å². The van der Waals surface area contributed by atoms with Crippen LogP contribution in [0.15, 0.2) is 0 Å². The van der Waals surface area contributed by atoms with Crippen LogP contribution in [-0.2, 0) is 15.6 Å². The minimum Gasteiger partial charge on any atom is -0.480 e. The second kappa shape index (κ2) is 7.03. The first-order valence-corrected chi connectivity index (χ1v) is 5.81. The number of hydrogen-bond acceptors (Lipinski definition) is 3. The van der Waals surface area contributed by atoms with Gasteiger partial charge in [-0.25, -0.2) is 0 Å². The molecule has 78 valence electrons. The summed E-state index contributed by atoms with van der Waals surface area (Å²) in [5.74, 6) is -0.612. The number of carboxylic acid groups (broad SMARTS) is 1. The first-order valence-electron chi connectivity index (χ1n) is 4.43. The van der Waals surface area contributed by atoms with E-state index in [1.807, 2.05) is 6.92 Å². The van der Waals surface area contributed by atoms with Crippen molar-refractivity contribution in [1.29, 1.82) is 0 Å². The molecule has 0 aromatic rings. The molecule has 0 aromatic carbocycles. The van der Waals surface area contributed by atoms with Crippen molar-refractivity contribution in [3.05, 3.63) is 0 Å². The monoisotopic (exact) mass is 207 g/mol.